The first-order valence-electron chi connectivity index (χ1n) is 7.88. The highest BCUT2D eigenvalue weighted by atomic mass is 35.5. The zero-order valence-corrected chi connectivity index (χ0v) is 14.9. The van der Waals surface area contributed by atoms with Crippen molar-refractivity contribution in [1.82, 2.24) is 4.90 Å². The third-order valence-electron chi connectivity index (χ3n) is 3.38. The summed E-state index contributed by atoms with van der Waals surface area (Å²) < 4.78 is 0. The molecular formula is C18H25Cl2NO. The third-order valence-corrected chi connectivity index (χ3v) is 3.78. The van der Waals surface area contributed by atoms with Crippen LogP contribution < -0.4 is 0 Å². The predicted molar refractivity (Wildman–Crippen MR) is 95.5 cm³/mol. The van der Waals surface area contributed by atoms with Gasteiger partial charge >= 0.3 is 0 Å². The Morgan fingerprint density at radius 2 is 1.91 bits per heavy atom. The summed E-state index contributed by atoms with van der Waals surface area (Å²) in [6.07, 6.45) is 7.87. The van der Waals surface area contributed by atoms with Gasteiger partial charge in [-0.05, 0) is 31.0 Å². The molecule has 0 aliphatic carbocycles. The molecular weight excluding hydrogens is 317 g/mol. The Bertz CT molecular complexity index is 468. The van der Waals surface area contributed by atoms with Gasteiger partial charge in [0.2, 0.25) is 5.91 Å². The molecule has 1 aromatic rings. The number of carbonyl (C=O) groups is 1. The van der Waals surface area contributed by atoms with Gasteiger partial charge in [0.15, 0.2) is 0 Å². The molecule has 0 saturated carbocycles. The molecule has 1 unspecified atom stereocenters. The van der Waals surface area contributed by atoms with E-state index in [0.717, 1.165) is 24.9 Å². The molecule has 2 nitrogen and oxygen atoms in total. The molecule has 0 radical (unpaired) electrons. The molecule has 122 valence electrons. The minimum Gasteiger partial charge on any atom is -0.335 e. The number of rotatable bonds is 9. The number of hydrogen-bond acceptors (Lipinski definition) is 1. The SMILES string of the molecule is CCCCCCN(Cc1ccc(Cl)cc1)C(=O)/C=C/C(C)Cl. The lowest BCUT2D eigenvalue weighted by Crippen LogP contribution is -2.30. The van der Waals surface area contributed by atoms with Crippen LogP contribution in [0, 0.1) is 0 Å². The number of hydrogen-bond donors (Lipinski definition) is 0. The second kappa shape index (κ2) is 10.7. The summed E-state index contributed by atoms with van der Waals surface area (Å²) in [6.45, 7) is 5.39. The van der Waals surface area contributed by atoms with Crippen molar-refractivity contribution in [3.8, 4) is 0 Å². The van der Waals surface area contributed by atoms with Gasteiger partial charge in [-0.15, -0.1) is 11.6 Å². The van der Waals surface area contributed by atoms with Crippen LogP contribution in [0.25, 0.3) is 0 Å². The Hall–Kier alpha value is -0.990. The zero-order valence-electron chi connectivity index (χ0n) is 13.4. The smallest absolute Gasteiger partial charge is 0.246 e. The number of alkyl halides is 1. The average Bonchev–Trinajstić information content (AvgIpc) is 2.50. The molecule has 1 aromatic carbocycles. The molecule has 4 heteroatoms. The number of allylic oxidation sites excluding steroid dienone is 1. The molecule has 0 aromatic heterocycles. The monoisotopic (exact) mass is 341 g/mol. The fourth-order valence-electron chi connectivity index (χ4n) is 2.13. The fourth-order valence-corrected chi connectivity index (χ4v) is 2.33. The van der Waals surface area contributed by atoms with Crippen molar-refractivity contribution in [1.29, 1.82) is 0 Å². The van der Waals surface area contributed by atoms with Gasteiger partial charge in [0.25, 0.3) is 0 Å². The second-order valence-electron chi connectivity index (χ2n) is 5.48. The van der Waals surface area contributed by atoms with Gasteiger partial charge in [-0.25, -0.2) is 0 Å². The summed E-state index contributed by atoms with van der Waals surface area (Å²) in [5.41, 5.74) is 1.08. The molecule has 1 rings (SSSR count). The van der Waals surface area contributed by atoms with E-state index in [4.69, 9.17) is 23.2 Å². The quantitative estimate of drug-likeness (QED) is 0.333. The Balaban J connectivity index is 2.67. The molecule has 0 bridgehead atoms. The number of halogens is 2. The third kappa shape index (κ3) is 7.86. The van der Waals surface area contributed by atoms with Gasteiger partial charge in [0.1, 0.15) is 0 Å². The topological polar surface area (TPSA) is 20.3 Å². The molecule has 1 atom stereocenters. The van der Waals surface area contributed by atoms with Crippen LogP contribution in [0.2, 0.25) is 5.02 Å². The highest BCUT2D eigenvalue weighted by molar-refractivity contribution is 6.30. The van der Waals surface area contributed by atoms with Crippen LogP contribution in [0.1, 0.15) is 45.1 Å². The Labute approximate surface area is 144 Å². The Kier molecular flexibility index (Phi) is 9.26. The number of nitrogens with zero attached hydrogens (tertiary/aromatic N) is 1. The summed E-state index contributed by atoms with van der Waals surface area (Å²) >= 11 is 11.8. The van der Waals surface area contributed by atoms with E-state index in [1.165, 1.54) is 12.8 Å². The van der Waals surface area contributed by atoms with E-state index < -0.39 is 0 Å². The van der Waals surface area contributed by atoms with Crippen molar-refractivity contribution in [3.05, 3.63) is 47.0 Å². The summed E-state index contributed by atoms with van der Waals surface area (Å²) in [5, 5.41) is 0.571. The van der Waals surface area contributed by atoms with Gasteiger partial charge < -0.3 is 4.90 Å². The van der Waals surface area contributed by atoms with Crippen molar-refractivity contribution in [2.45, 2.75) is 51.5 Å². The molecule has 1 amide bonds. The standard InChI is InChI=1S/C18H25Cl2NO/c1-3-4-5-6-13-21(18(22)12-7-15(2)19)14-16-8-10-17(20)11-9-16/h7-12,15H,3-6,13-14H2,1-2H3/b12-7+. The first-order valence-corrected chi connectivity index (χ1v) is 8.70. The van der Waals surface area contributed by atoms with Crippen molar-refractivity contribution >= 4 is 29.1 Å². The second-order valence-corrected chi connectivity index (χ2v) is 6.61. The van der Waals surface area contributed by atoms with Gasteiger partial charge in [-0.2, -0.15) is 0 Å². The predicted octanol–water partition coefficient (Wildman–Crippen LogP) is 5.43. The van der Waals surface area contributed by atoms with E-state index in [0.29, 0.717) is 11.6 Å². The highest BCUT2D eigenvalue weighted by Crippen LogP contribution is 2.13. The van der Waals surface area contributed by atoms with E-state index in [-0.39, 0.29) is 11.3 Å². The highest BCUT2D eigenvalue weighted by Gasteiger charge is 2.11. The Morgan fingerprint density at radius 1 is 1.23 bits per heavy atom. The van der Waals surface area contributed by atoms with E-state index in [1.807, 2.05) is 36.1 Å². The first kappa shape index (κ1) is 19.1. The summed E-state index contributed by atoms with van der Waals surface area (Å²) in [6, 6.07) is 7.63. The zero-order chi connectivity index (χ0) is 16.4. The number of benzene rings is 1. The van der Waals surface area contributed by atoms with E-state index in [9.17, 15) is 4.79 Å². The lowest BCUT2D eigenvalue weighted by molar-refractivity contribution is -0.126. The van der Waals surface area contributed by atoms with Crippen LogP contribution in [-0.4, -0.2) is 22.7 Å². The molecule has 0 aliphatic heterocycles. The van der Waals surface area contributed by atoms with Crippen molar-refractivity contribution in [2.75, 3.05) is 6.54 Å². The van der Waals surface area contributed by atoms with Gasteiger partial charge in [0, 0.05) is 29.6 Å². The Morgan fingerprint density at radius 3 is 2.50 bits per heavy atom. The molecule has 0 aliphatic rings. The van der Waals surface area contributed by atoms with Gasteiger partial charge in [0.05, 0.1) is 0 Å². The van der Waals surface area contributed by atoms with Crippen LogP contribution in [0.15, 0.2) is 36.4 Å². The number of unbranched alkanes of at least 4 members (excludes halogenated alkanes) is 3. The molecule has 0 N–H and O–H groups in total. The first-order chi connectivity index (χ1) is 10.5. The lowest BCUT2D eigenvalue weighted by Gasteiger charge is -2.21. The minimum atomic E-state index is -0.138. The normalized spacial score (nSPS) is 12.5. The molecule has 0 fully saturated rings. The van der Waals surface area contributed by atoms with Gasteiger partial charge in [-0.3, -0.25) is 4.79 Å². The number of amides is 1. The van der Waals surface area contributed by atoms with Crippen molar-refractivity contribution in [3.63, 3.8) is 0 Å². The van der Waals surface area contributed by atoms with E-state index in [1.54, 1.807) is 12.2 Å². The van der Waals surface area contributed by atoms with Crippen LogP contribution in [0.4, 0.5) is 0 Å². The van der Waals surface area contributed by atoms with Gasteiger partial charge in [-0.1, -0.05) is 56.0 Å². The van der Waals surface area contributed by atoms with E-state index in [2.05, 4.69) is 6.92 Å². The molecule has 22 heavy (non-hydrogen) atoms. The summed E-state index contributed by atoms with van der Waals surface area (Å²) in [4.78, 5) is 14.2. The molecule has 0 spiro atoms. The van der Waals surface area contributed by atoms with E-state index >= 15 is 0 Å². The minimum absolute atomic E-state index is 0.0129. The van der Waals surface area contributed by atoms with Crippen LogP contribution >= 0.6 is 23.2 Å². The largest absolute Gasteiger partial charge is 0.335 e. The number of carbonyl (C=O) groups excluding carboxylic acids is 1. The van der Waals surface area contributed by atoms with Crippen molar-refractivity contribution in [2.24, 2.45) is 0 Å². The maximum Gasteiger partial charge on any atom is 0.246 e. The average molecular weight is 342 g/mol. The van der Waals surface area contributed by atoms with Crippen molar-refractivity contribution < 1.29 is 4.79 Å². The molecule has 0 saturated heterocycles. The summed E-state index contributed by atoms with van der Waals surface area (Å²) in [5.74, 6) is 0.0129. The summed E-state index contributed by atoms with van der Waals surface area (Å²) in [7, 11) is 0. The van der Waals surface area contributed by atoms with Crippen LogP contribution in [0.3, 0.4) is 0 Å². The lowest BCUT2D eigenvalue weighted by atomic mass is 10.1. The fraction of sp³-hybridized carbons (Fsp3) is 0.500. The van der Waals surface area contributed by atoms with Crippen LogP contribution in [0.5, 0.6) is 0 Å². The molecule has 0 heterocycles. The maximum absolute atomic E-state index is 12.3. The maximum atomic E-state index is 12.3. The van der Waals surface area contributed by atoms with Crippen LogP contribution in [-0.2, 0) is 11.3 Å².